The lowest BCUT2D eigenvalue weighted by molar-refractivity contribution is 0.0333. The molecule has 1 saturated carbocycles. The van der Waals surface area contributed by atoms with Crippen LogP contribution in [0.5, 0.6) is 5.75 Å². The van der Waals surface area contributed by atoms with E-state index in [-0.39, 0.29) is 0 Å². The quantitative estimate of drug-likeness (QED) is 0.250. The first-order valence-corrected chi connectivity index (χ1v) is 33.0. The van der Waals surface area contributed by atoms with Gasteiger partial charge in [0.25, 0.3) is 0 Å². The lowest BCUT2D eigenvalue weighted by Crippen LogP contribution is -2.37. The van der Waals surface area contributed by atoms with E-state index >= 15 is 0 Å². The number of hydrogen-bond donors (Lipinski definition) is 0. The Labute approximate surface area is 506 Å². The molecule has 0 aromatic heterocycles. The minimum Gasteiger partial charge on any atom is -0.497 e. The summed E-state index contributed by atoms with van der Waals surface area (Å²) in [6, 6.07) is 18.9. The van der Waals surface area contributed by atoms with Gasteiger partial charge >= 0.3 is 0 Å². The van der Waals surface area contributed by atoms with E-state index in [9.17, 15) is 0 Å². The first kappa shape index (κ1) is 82.3. The van der Waals surface area contributed by atoms with E-state index in [2.05, 4.69) is 253 Å². The Kier molecular flexibility index (Phi) is 42.4. The standard InChI is InChI=1S/C12H18O.C11H23N.C11H16.C10H21NO.C10H20.C8H18.2C7H16/c1-12(2,3)9-10-5-7-11(13-4)8-6-10;1-11(2,3)7-10-12-8-5-4-6-9-12;1-11(2,3)9-10-7-5-4-6-8-10;1-10(2,3)4-5-11-6-8-12-9-7-11;1-10(2,3)9-7-5-4-6-8-9;1-6-7(2)8(3,4)5;1-6(2)7(3,4)5;1-5-6-7(2,3)4/h5-8H,9H2,1-4H3;4-10H2,1-3H3;4-8H,9H2,1-3H3;4-9H2,1-3H3;9H,4-8H2,1-3H3;7H,6H2,1-5H3;6H,1-5H3;5-6H2,1-4H3. The Morgan fingerprint density at radius 2 is 0.838 bits per heavy atom. The highest BCUT2D eigenvalue weighted by atomic mass is 16.5. The number of methoxy groups -OCH3 is 1. The molecule has 3 aliphatic rings. The van der Waals surface area contributed by atoms with Crippen molar-refractivity contribution in [3.8, 4) is 5.75 Å². The van der Waals surface area contributed by atoms with Gasteiger partial charge in [0.05, 0.1) is 20.3 Å². The summed E-state index contributed by atoms with van der Waals surface area (Å²) < 4.78 is 10.4. The van der Waals surface area contributed by atoms with Crippen molar-refractivity contribution >= 4 is 0 Å². The van der Waals surface area contributed by atoms with Crippen LogP contribution in [0.25, 0.3) is 0 Å². The van der Waals surface area contributed by atoms with E-state index in [1.165, 1.54) is 121 Å². The van der Waals surface area contributed by atoms with Crippen LogP contribution in [0.1, 0.15) is 295 Å². The molecule has 1 unspecified atom stereocenters. The van der Waals surface area contributed by atoms with E-state index in [1.54, 1.807) is 7.11 Å². The van der Waals surface area contributed by atoms with Crippen LogP contribution in [0.3, 0.4) is 0 Å². The van der Waals surface area contributed by atoms with Gasteiger partial charge in [-0.2, -0.15) is 0 Å². The van der Waals surface area contributed by atoms with Crippen LogP contribution in [-0.4, -0.2) is 69.4 Å². The molecule has 2 saturated heterocycles. The molecule has 4 nitrogen and oxygen atoms in total. The summed E-state index contributed by atoms with van der Waals surface area (Å²) in [5.41, 5.74) is 6.67. The third kappa shape index (κ3) is 55.3. The van der Waals surface area contributed by atoms with Gasteiger partial charge < -0.3 is 14.4 Å². The van der Waals surface area contributed by atoms with Crippen molar-refractivity contribution in [3.05, 3.63) is 65.7 Å². The molecule has 80 heavy (non-hydrogen) atoms. The van der Waals surface area contributed by atoms with E-state index in [0.717, 1.165) is 62.6 Å². The van der Waals surface area contributed by atoms with Crippen LogP contribution in [0, 0.1) is 61.1 Å². The van der Waals surface area contributed by atoms with E-state index in [4.69, 9.17) is 9.47 Å². The van der Waals surface area contributed by atoms with Gasteiger partial charge in [0.1, 0.15) is 5.75 Å². The Balaban J connectivity index is -0.000000855. The minimum atomic E-state index is 0.356. The summed E-state index contributed by atoms with van der Waals surface area (Å²) in [5.74, 6) is 3.58. The van der Waals surface area contributed by atoms with Crippen molar-refractivity contribution in [2.45, 2.75) is 297 Å². The number of likely N-dealkylation sites (tertiary alicyclic amines) is 1. The molecule has 1 atom stereocenters. The normalized spacial score (nSPS) is 16.5. The fraction of sp³-hybridized carbons (Fsp3) is 0.842. The fourth-order valence-corrected chi connectivity index (χ4v) is 8.89. The van der Waals surface area contributed by atoms with Crippen LogP contribution in [0.15, 0.2) is 54.6 Å². The summed E-state index contributed by atoms with van der Waals surface area (Å²) in [4.78, 5) is 5.11. The Morgan fingerprint density at radius 1 is 0.463 bits per heavy atom. The van der Waals surface area contributed by atoms with Gasteiger partial charge in [0.2, 0.25) is 0 Å². The maximum atomic E-state index is 5.29. The molecule has 2 heterocycles. The third-order valence-electron chi connectivity index (χ3n) is 16.0. The van der Waals surface area contributed by atoms with E-state index in [1.807, 2.05) is 12.1 Å². The number of benzene rings is 2. The number of rotatable bonds is 9. The van der Waals surface area contributed by atoms with Crippen LogP contribution in [-0.2, 0) is 17.6 Å². The maximum absolute atomic E-state index is 5.29. The summed E-state index contributed by atoms with van der Waals surface area (Å²) in [6.45, 7) is 75.6. The molecule has 2 aliphatic heterocycles. The molecule has 0 spiro atoms. The minimum absolute atomic E-state index is 0.356. The van der Waals surface area contributed by atoms with Gasteiger partial charge in [-0.05, 0) is 168 Å². The predicted octanol–water partition coefficient (Wildman–Crippen LogP) is 23.4. The molecule has 3 fully saturated rings. The van der Waals surface area contributed by atoms with Gasteiger partial charge in [0.15, 0.2) is 0 Å². The van der Waals surface area contributed by atoms with Crippen molar-refractivity contribution in [2.24, 2.45) is 61.1 Å². The predicted molar refractivity (Wildman–Crippen MR) is 365 cm³/mol. The Morgan fingerprint density at radius 3 is 1.11 bits per heavy atom. The lowest BCUT2D eigenvalue weighted by atomic mass is 9.72. The highest BCUT2D eigenvalue weighted by molar-refractivity contribution is 5.27. The molecular formula is C76H148N2O2. The average molecular weight is 1120 g/mol. The van der Waals surface area contributed by atoms with Gasteiger partial charge in [-0.3, -0.25) is 4.90 Å². The number of hydrogen-bond acceptors (Lipinski definition) is 4. The van der Waals surface area contributed by atoms with Crippen LogP contribution >= 0.6 is 0 Å². The second kappa shape index (κ2) is 41.2. The molecule has 2 aromatic rings. The van der Waals surface area contributed by atoms with E-state index < -0.39 is 0 Å². The first-order chi connectivity index (χ1) is 36.3. The average Bonchev–Trinajstić information content (AvgIpc) is 3.33. The number of morpholine rings is 1. The third-order valence-corrected chi connectivity index (χ3v) is 16.0. The highest BCUT2D eigenvalue weighted by Crippen LogP contribution is 2.37. The first-order valence-electron chi connectivity index (χ1n) is 33.0. The highest BCUT2D eigenvalue weighted by Gasteiger charge is 2.26. The summed E-state index contributed by atoms with van der Waals surface area (Å²) in [7, 11) is 1.69. The second-order valence-electron chi connectivity index (χ2n) is 34.0. The number of ether oxygens (including phenoxy) is 2. The molecule has 0 bridgehead atoms. The number of nitrogens with zero attached hydrogens (tertiary/aromatic N) is 2. The maximum Gasteiger partial charge on any atom is 0.118 e. The molecule has 2 aromatic carbocycles. The van der Waals surface area contributed by atoms with E-state index in [0.29, 0.717) is 43.3 Å². The van der Waals surface area contributed by atoms with Crippen molar-refractivity contribution in [1.29, 1.82) is 0 Å². The van der Waals surface area contributed by atoms with Crippen LogP contribution in [0.4, 0.5) is 0 Å². The molecule has 0 amide bonds. The molecule has 0 N–H and O–H groups in total. The van der Waals surface area contributed by atoms with Gasteiger partial charge in [-0.15, -0.1) is 0 Å². The smallest absolute Gasteiger partial charge is 0.118 e. The zero-order chi connectivity index (χ0) is 62.7. The molecule has 474 valence electrons. The van der Waals surface area contributed by atoms with Gasteiger partial charge in [-0.25, -0.2) is 0 Å². The topological polar surface area (TPSA) is 24.9 Å². The second-order valence-corrected chi connectivity index (χ2v) is 34.0. The molecule has 5 rings (SSSR count). The Bertz CT molecular complexity index is 1640. The fourth-order valence-electron chi connectivity index (χ4n) is 8.89. The van der Waals surface area contributed by atoms with Crippen molar-refractivity contribution in [3.63, 3.8) is 0 Å². The summed E-state index contributed by atoms with van der Waals surface area (Å²) in [6.07, 6.45) is 20.5. The van der Waals surface area contributed by atoms with Crippen molar-refractivity contribution in [1.82, 2.24) is 9.80 Å². The SMILES string of the molecule is CC(C)(C)C1CCCCC1.CC(C)(C)CCN1CCCCC1.CC(C)(C)CCN1CCOCC1.CC(C)(C)Cc1ccccc1.CC(C)C(C)(C)C.CCC(C)C(C)(C)C.CCCC(C)(C)C.COc1ccc(CC(C)(C)C)cc1. The van der Waals surface area contributed by atoms with Gasteiger partial charge in [0, 0.05) is 13.1 Å². The molecule has 0 radical (unpaired) electrons. The van der Waals surface area contributed by atoms with Gasteiger partial charge in [-0.1, -0.05) is 282 Å². The largest absolute Gasteiger partial charge is 0.497 e. The molecular weight excluding hydrogens is 973 g/mol. The zero-order valence-electron chi connectivity index (χ0n) is 60.4. The Hall–Kier alpha value is -1.88. The summed E-state index contributed by atoms with van der Waals surface area (Å²) in [5, 5.41) is 0. The zero-order valence-corrected chi connectivity index (χ0v) is 60.4. The van der Waals surface area contributed by atoms with Crippen molar-refractivity contribution < 1.29 is 9.47 Å². The summed E-state index contributed by atoms with van der Waals surface area (Å²) >= 11 is 0. The van der Waals surface area contributed by atoms with Crippen LogP contribution < -0.4 is 4.74 Å². The monoisotopic (exact) mass is 1120 g/mol. The number of piperidine rings is 1. The van der Waals surface area contributed by atoms with Crippen molar-refractivity contribution in [2.75, 3.05) is 59.6 Å². The molecule has 1 aliphatic carbocycles. The molecule has 4 heteroatoms. The van der Waals surface area contributed by atoms with Crippen LogP contribution in [0.2, 0.25) is 0 Å². The lowest BCUT2D eigenvalue weighted by Gasteiger charge is -2.33.